The lowest BCUT2D eigenvalue weighted by molar-refractivity contribution is -0.146. The molecule has 0 aliphatic heterocycles. The Kier molecular flexibility index (Phi) is 7.51. The molecule has 1 saturated carbocycles. The smallest absolute Gasteiger partial charge is 0.323 e. The first-order valence-electron chi connectivity index (χ1n) is 10.6. The molecule has 0 saturated heterocycles. The number of benzene rings is 2. The number of unbranched alkanes of at least 4 members (excludes halogenated alkanes) is 1. The Balaban J connectivity index is 1.52. The standard InChI is InChI=1S/C24H31BN2O2/c25-15-5-4-14-24(26,23(28)29)21-12-13-22(16-21)27-17-18-8-10-20(11-9-18)19-6-2-1-3-7-19/h1-3,6-11,21-22,27H,4-5,12-17,26H2,(H,28,29)/t21-,22+,24?/m0/s1. The molecule has 0 bridgehead atoms. The maximum atomic E-state index is 11.9. The number of hydrogen-bond acceptors (Lipinski definition) is 3. The monoisotopic (exact) mass is 390 g/mol. The van der Waals surface area contributed by atoms with Gasteiger partial charge in [-0.25, -0.2) is 0 Å². The Morgan fingerprint density at radius 1 is 1.07 bits per heavy atom. The van der Waals surface area contributed by atoms with Crippen LogP contribution in [0.25, 0.3) is 11.1 Å². The molecule has 152 valence electrons. The highest BCUT2D eigenvalue weighted by atomic mass is 16.4. The highest BCUT2D eigenvalue weighted by Gasteiger charge is 2.44. The summed E-state index contributed by atoms with van der Waals surface area (Å²) < 4.78 is 0. The summed E-state index contributed by atoms with van der Waals surface area (Å²) in [4.78, 5) is 11.9. The lowest BCUT2D eigenvalue weighted by Gasteiger charge is -2.31. The van der Waals surface area contributed by atoms with Crippen molar-refractivity contribution in [3.63, 3.8) is 0 Å². The molecule has 0 aromatic heterocycles. The third kappa shape index (κ3) is 5.49. The number of carboxylic acid groups (broad SMARTS) is 1. The minimum absolute atomic E-state index is 0.00994. The number of rotatable bonds is 10. The van der Waals surface area contributed by atoms with Crippen LogP contribution in [0.15, 0.2) is 54.6 Å². The van der Waals surface area contributed by atoms with E-state index in [4.69, 9.17) is 13.6 Å². The third-order valence-electron chi connectivity index (χ3n) is 6.26. The largest absolute Gasteiger partial charge is 0.480 e. The molecule has 0 heterocycles. The van der Waals surface area contributed by atoms with Crippen LogP contribution in [0.3, 0.4) is 0 Å². The topological polar surface area (TPSA) is 75.4 Å². The van der Waals surface area contributed by atoms with Crippen LogP contribution in [0.1, 0.15) is 44.1 Å². The van der Waals surface area contributed by atoms with Crippen LogP contribution in [0, 0.1) is 5.92 Å². The number of carboxylic acids is 1. The van der Waals surface area contributed by atoms with Gasteiger partial charge in [0.25, 0.3) is 0 Å². The number of aliphatic carboxylic acids is 1. The van der Waals surface area contributed by atoms with E-state index in [1.54, 1.807) is 0 Å². The zero-order valence-electron chi connectivity index (χ0n) is 17.0. The maximum Gasteiger partial charge on any atom is 0.323 e. The first-order chi connectivity index (χ1) is 14.0. The summed E-state index contributed by atoms with van der Waals surface area (Å²) in [7, 11) is 5.55. The predicted molar refractivity (Wildman–Crippen MR) is 119 cm³/mol. The average molecular weight is 390 g/mol. The molecule has 0 amide bonds. The summed E-state index contributed by atoms with van der Waals surface area (Å²) in [6, 6.07) is 19.3. The molecule has 0 spiro atoms. The fourth-order valence-electron chi connectivity index (χ4n) is 4.39. The first kappa shape index (κ1) is 21.6. The van der Waals surface area contributed by atoms with Crippen molar-refractivity contribution in [2.45, 2.75) is 63.0 Å². The van der Waals surface area contributed by atoms with Crippen molar-refractivity contribution in [3.05, 3.63) is 60.2 Å². The number of hydrogen-bond donors (Lipinski definition) is 3. The molecule has 3 atom stereocenters. The van der Waals surface area contributed by atoms with Crippen LogP contribution in [-0.4, -0.2) is 30.5 Å². The van der Waals surface area contributed by atoms with Crippen LogP contribution in [-0.2, 0) is 11.3 Å². The second-order valence-corrected chi connectivity index (χ2v) is 8.24. The molecule has 1 aliphatic carbocycles. The van der Waals surface area contributed by atoms with Gasteiger partial charge in [0.15, 0.2) is 0 Å². The summed E-state index contributed by atoms with van der Waals surface area (Å²) in [5.74, 6) is -0.868. The van der Waals surface area contributed by atoms with Gasteiger partial charge in [-0.3, -0.25) is 4.79 Å². The van der Waals surface area contributed by atoms with E-state index < -0.39 is 11.5 Å². The second kappa shape index (κ2) is 10.1. The van der Waals surface area contributed by atoms with E-state index in [9.17, 15) is 9.90 Å². The lowest BCUT2D eigenvalue weighted by Crippen LogP contribution is -2.53. The van der Waals surface area contributed by atoms with Gasteiger partial charge in [0.1, 0.15) is 5.54 Å². The molecule has 2 aromatic rings. The quantitative estimate of drug-likeness (QED) is 0.421. The Bertz CT molecular complexity index is 781. The van der Waals surface area contributed by atoms with Crippen molar-refractivity contribution in [1.82, 2.24) is 5.32 Å². The molecule has 5 heteroatoms. The first-order valence-corrected chi connectivity index (χ1v) is 10.6. The highest BCUT2D eigenvalue weighted by Crippen LogP contribution is 2.36. The highest BCUT2D eigenvalue weighted by molar-refractivity contribution is 6.08. The maximum absolute atomic E-state index is 11.9. The summed E-state index contributed by atoms with van der Waals surface area (Å²) in [5.41, 5.74) is 8.88. The van der Waals surface area contributed by atoms with E-state index in [1.165, 1.54) is 16.7 Å². The van der Waals surface area contributed by atoms with E-state index in [0.29, 0.717) is 18.8 Å². The number of nitrogens with two attached hydrogens (primary N) is 1. The summed E-state index contributed by atoms with van der Waals surface area (Å²) >= 11 is 0. The molecule has 4 N–H and O–H groups in total. The van der Waals surface area contributed by atoms with E-state index in [0.717, 1.165) is 38.6 Å². The van der Waals surface area contributed by atoms with Gasteiger partial charge in [-0.1, -0.05) is 73.8 Å². The Morgan fingerprint density at radius 2 is 1.76 bits per heavy atom. The van der Waals surface area contributed by atoms with Crippen LogP contribution in [0.2, 0.25) is 6.32 Å². The van der Waals surface area contributed by atoms with Gasteiger partial charge < -0.3 is 16.2 Å². The third-order valence-corrected chi connectivity index (χ3v) is 6.26. The lowest BCUT2D eigenvalue weighted by atomic mass is 9.78. The average Bonchev–Trinajstić information content (AvgIpc) is 3.23. The molecule has 4 nitrogen and oxygen atoms in total. The number of nitrogens with one attached hydrogen (secondary N) is 1. The van der Waals surface area contributed by atoms with Gasteiger partial charge >= 0.3 is 5.97 Å². The van der Waals surface area contributed by atoms with Crippen molar-refractivity contribution in [1.29, 1.82) is 0 Å². The zero-order valence-corrected chi connectivity index (χ0v) is 17.0. The van der Waals surface area contributed by atoms with Crippen molar-refractivity contribution in [2.75, 3.05) is 0 Å². The van der Waals surface area contributed by atoms with Gasteiger partial charge in [0, 0.05) is 12.6 Å². The molecule has 1 unspecified atom stereocenters. The van der Waals surface area contributed by atoms with E-state index in [1.807, 2.05) is 18.2 Å². The number of carbonyl (C=O) groups is 1. The van der Waals surface area contributed by atoms with E-state index in [-0.39, 0.29) is 5.92 Å². The van der Waals surface area contributed by atoms with Crippen molar-refractivity contribution in [2.24, 2.45) is 11.7 Å². The SMILES string of the molecule is [B]CCCCC(N)(C(=O)O)[C@H]1CC[C@@H](NCc2ccc(-c3ccccc3)cc2)C1. The fraction of sp³-hybridized carbons (Fsp3) is 0.458. The second-order valence-electron chi connectivity index (χ2n) is 8.24. The molecule has 2 aromatic carbocycles. The summed E-state index contributed by atoms with van der Waals surface area (Å²) in [5, 5.41) is 13.3. The minimum Gasteiger partial charge on any atom is -0.480 e. The molecule has 1 fully saturated rings. The van der Waals surface area contributed by atoms with Crippen molar-refractivity contribution >= 4 is 13.8 Å². The molecule has 1 aliphatic rings. The minimum atomic E-state index is -1.14. The molecule has 29 heavy (non-hydrogen) atoms. The van der Waals surface area contributed by atoms with Gasteiger partial charge in [-0.05, 0) is 48.3 Å². The van der Waals surface area contributed by atoms with Crippen LogP contribution >= 0.6 is 0 Å². The summed E-state index contributed by atoms with van der Waals surface area (Å²) in [6.07, 6.45) is 5.30. The predicted octanol–water partition coefficient (Wildman–Crippen LogP) is 4.15. The van der Waals surface area contributed by atoms with Crippen LogP contribution in [0.4, 0.5) is 0 Å². The van der Waals surface area contributed by atoms with Crippen LogP contribution in [0.5, 0.6) is 0 Å². The molecular weight excluding hydrogens is 359 g/mol. The fourth-order valence-corrected chi connectivity index (χ4v) is 4.39. The van der Waals surface area contributed by atoms with Gasteiger partial charge in [-0.15, -0.1) is 0 Å². The van der Waals surface area contributed by atoms with Crippen molar-refractivity contribution in [3.8, 4) is 11.1 Å². The van der Waals surface area contributed by atoms with Crippen LogP contribution < -0.4 is 11.1 Å². The molecule has 3 rings (SSSR count). The Morgan fingerprint density at radius 3 is 2.41 bits per heavy atom. The Hall–Kier alpha value is -2.11. The van der Waals surface area contributed by atoms with Gasteiger partial charge in [-0.2, -0.15) is 0 Å². The van der Waals surface area contributed by atoms with E-state index in [2.05, 4.69) is 41.7 Å². The summed E-state index contributed by atoms with van der Waals surface area (Å²) in [6.45, 7) is 0.782. The molecular formula is C24H31BN2O2. The zero-order chi connectivity index (χ0) is 20.7. The van der Waals surface area contributed by atoms with Crippen molar-refractivity contribution < 1.29 is 9.90 Å². The van der Waals surface area contributed by atoms with E-state index >= 15 is 0 Å². The molecule has 2 radical (unpaired) electrons. The normalized spacial score (nSPS) is 21.0. The van der Waals surface area contributed by atoms with Gasteiger partial charge in [0.05, 0.1) is 7.85 Å². The van der Waals surface area contributed by atoms with Gasteiger partial charge in [0.2, 0.25) is 0 Å². The Labute approximate surface area is 175 Å².